The van der Waals surface area contributed by atoms with E-state index in [1.165, 1.54) is 11.3 Å². The van der Waals surface area contributed by atoms with Crippen molar-refractivity contribution in [1.82, 2.24) is 4.98 Å². The zero-order chi connectivity index (χ0) is 17.2. The number of sulfonamides is 1. The van der Waals surface area contributed by atoms with Crippen LogP contribution in [0, 0.1) is 0 Å². The van der Waals surface area contributed by atoms with Crippen LogP contribution >= 0.6 is 22.7 Å². The summed E-state index contributed by atoms with van der Waals surface area (Å²) in [6.07, 6.45) is 1.65. The molecule has 7 heteroatoms. The zero-order valence-electron chi connectivity index (χ0n) is 13.4. The van der Waals surface area contributed by atoms with Crippen LogP contribution in [0.2, 0.25) is 0 Å². The molecule has 0 aliphatic heterocycles. The molecule has 24 heavy (non-hydrogen) atoms. The van der Waals surface area contributed by atoms with Gasteiger partial charge in [-0.25, -0.2) is 13.4 Å². The van der Waals surface area contributed by atoms with E-state index in [0.29, 0.717) is 9.90 Å². The molecule has 0 saturated carbocycles. The lowest BCUT2D eigenvalue weighted by Gasteiger charge is -2.10. The van der Waals surface area contributed by atoms with E-state index in [4.69, 9.17) is 0 Å². The molecular formula is C17H18N2O2S3. The van der Waals surface area contributed by atoms with Gasteiger partial charge in [-0.3, -0.25) is 4.72 Å². The molecule has 0 unspecified atom stereocenters. The summed E-state index contributed by atoms with van der Waals surface area (Å²) in [6.45, 7) is 4.06. The van der Waals surface area contributed by atoms with E-state index >= 15 is 0 Å². The Morgan fingerprint density at radius 2 is 1.88 bits per heavy atom. The molecule has 0 bridgehead atoms. The van der Waals surface area contributed by atoms with Crippen molar-refractivity contribution < 1.29 is 8.42 Å². The van der Waals surface area contributed by atoms with Gasteiger partial charge in [0.05, 0.1) is 16.3 Å². The maximum absolute atomic E-state index is 12.7. The molecule has 3 rings (SSSR count). The van der Waals surface area contributed by atoms with Gasteiger partial charge in [-0.1, -0.05) is 32.0 Å². The van der Waals surface area contributed by atoms with Gasteiger partial charge in [-0.15, -0.1) is 22.7 Å². The molecule has 0 amide bonds. The summed E-state index contributed by atoms with van der Waals surface area (Å²) in [7, 11) is -3.59. The Labute approximate surface area is 150 Å². The summed E-state index contributed by atoms with van der Waals surface area (Å²) in [5, 5.41) is 2.88. The van der Waals surface area contributed by atoms with Crippen LogP contribution in [0.1, 0.15) is 25.1 Å². The highest BCUT2D eigenvalue weighted by atomic mass is 32.2. The monoisotopic (exact) mass is 378 g/mol. The van der Waals surface area contributed by atoms with E-state index in [-0.39, 0.29) is 0 Å². The number of hydrogen-bond acceptors (Lipinski definition) is 5. The molecule has 0 atom stereocenters. The van der Waals surface area contributed by atoms with E-state index in [1.54, 1.807) is 23.5 Å². The topological polar surface area (TPSA) is 59.1 Å². The second-order valence-electron chi connectivity index (χ2n) is 5.23. The average Bonchev–Trinajstić information content (AvgIpc) is 3.24. The molecule has 0 radical (unpaired) electrons. The molecule has 1 N–H and O–H groups in total. The molecule has 3 aromatic rings. The first-order chi connectivity index (χ1) is 11.5. The second-order valence-corrected chi connectivity index (χ2v) is 9.08. The van der Waals surface area contributed by atoms with E-state index in [0.717, 1.165) is 34.0 Å². The van der Waals surface area contributed by atoms with Crippen molar-refractivity contribution in [3.63, 3.8) is 0 Å². The van der Waals surface area contributed by atoms with Gasteiger partial charge in [0.15, 0.2) is 0 Å². The molecule has 4 nitrogen and oxygen atoms in total. The number of nitrogens with one attached hydrogen (secondary N) is 1. The van der Waals surface area contributed by atoms with Crippen molar-refractivity contribution in [3.8, 4) is 9.88 Å². The van der Waals surface area contributed by atoms with Crippen LogP contribution in [-0.2, 0) is 22.9 Å². The van der Waals surface area contributed by atoms with Gasteiger partial charge in [0.25, 0.3) is 10.0 Å². The Kier molecular flexibility index (Phi) is 5.03. The standard InChI is InChI=1S/C17H18N2O2S3/c1-3-12-7-5-6-8-14(12)19-24(20,21)16-10-9-15(23-16)17-18-13(4-2)11-22-17/h5-11,19H,3-4H2,1-2H3. The fourth-order valence-corrected chi connectivity index (χ4v) is 5.67. The molecule has 1 aromatic carbocycles. The number of anilines is 1. The van der Waals surface area contributed by atoms with Crippen molar-refractivity contribution in [2.24, 2.45) is 0 Å². The predicted octanol–water partition coefficient (Wildman–Crippen LogP) is 4.80. The van der Waals surface area contributed by atoms with E-state index in [2.05, 4.69) is 16.6 Å². The molecule has 0 saturated heterocycles. The normalized spacial score (nSPS) is 11.6. The number of nitrogens with zero attached hydrogens (tertiary/aromatic N) is 1. The predicted molar refractivity (Wildman–Crippen MR) is 101 cm³/mol. The number of rotatable bonds is 6. The minimum Gasteiger partial charge on any atom is -0.279 e. The van der Waals surface area contributed by atoms with Crippen LogP contribution in [0.25, 0.3) is 9.88 Å². The highest BCUT2D eigenvalue weighted by Gasteiger charge is 2.19. The lowest BCUT2D eigenvalue weighted by Crippen LogP contribution is -2.12. The van der Waals surface area contributed by atoms with Crippen LogP contribution < -0.4 is 4.72 Å². The van der Waals surface area contributed by atoms with Crippen molar-refractivity contribution in [1.29, 1.82) is 0 Å². The SMILES string of the molecule is CCc1csc(-c2ccc(S(=O)(=O)Nc3ccccc3CC)s2)n1. The van der Waals surface area contributed by atoms with Gasteiger partial charge in [-0.2, -0.15) is 0 Å². The van der Waals surface area contributed by atoms with Crippen LogP contribution in [-0.4, -0.2) is 13.4 Å². The lowest BCUT2D eigenvalue weighted by atomic mass is 10.1. The second kappa shape index (κ2) is 7.04. The molecule has 0 spiro atoms. The fourth-order valence-electron chi connectivity index (χ4n) is 2.29. The van der Waals surface area contributed by atoms with Crippen molar-refractivity contribution in [2.75, 3.05) is 4.72 Å². The summed E-state index contributed by atoms with van der Waals surface area (Å²) >= 11 is 2.79. The number of aryl methyl sites for hydroxylation is 2. The summed E-state index contributed by atoms with van der Waals surface area (Å²) in [4.78, 5) is 5.40. The summed E-state index contributed by atoms with van der Waals surface area (Å²) in [5.74, 6) is 0. The highest BCUT2D eigenvalue weighted by Crippen LogP contribution is 2.33. The van der Waals surface area contributed by atoms with Gasteiger partial charge < -0.3 is 0 Å². The Hall–Kier alpha value is -1.70. The van der Waals surface area contributed by atoms with E-state index in [9.17, 15) is 8.42 Å². The number of benzene rings is 1. The molecule has 2 aromatic heterocycles. The quantitative estimate of drug-likeness (QED) is 0.670. The average molecular weight is 379 g/mol. The Balaban J connectivity index is 1.88. The lowest BCUT2D eigenvalue weighted by molar-refractivity contribution is 0.603. The molecule has 0 fully saturated rings. The number of thiophene rings is 1. The van der Waals surface area contributed by atoms with E-state index in [1.807, 2.05) is 36.6 Å². The van der Waals surface area contributed by atoms with Gasteiger partial charge in [0.1, 0.15) is 9.22 Å². The first-order valence-corrected chi connectivity index (χ1v) is 10.9. The van der Waals surface area contributed by atoms with Gasteiger partial charge >= 0.3 is 0 Å². The number of thiazole rings is 1. The van der Waals surface area contributed by atoms with Gasteiger partial charge in [0.2, 0.25) is 0 Å². The first-order valence-electron chi connectivity index (χ1n) is 7.68. The van der Waals surface area contributed by atoms with E-state index < -0.39 is 10.0 Å². The Morgan fingerprint density at radius 1 is 1.08 bits per heavy atom. The highest BCUT2D eigenvalue weighted by molar-refractivity contribution is 7.94. The van der Waals surface area contributed by atoms with Crippen LogP contribution in [0.15, 0.2) is 46.0 Å². The minimum absolute atomic E-state index is 0.302. The van der Waals surface area contributed by atoms with Crippen LogP contribution in [0.4, 0.5) is 5.69 Å². The van der Waals surface area contributed by atoms with Crippen LogP contribution in [0.5, 0.6) is 0 Å². The summed E-state index contributed by atoms with van der Waals surface area (Å²) in [5.41, 5.74) is 2.64. The fraction of sp³-hybridized carbons (Fsp3) is 0.235. The zero-order valence-corrected chi connectivity index (χ0v) is 15.9. The van der Waals surface area contributed by atoms with Gasteiger partial charge in [0, 0.05) is 5.38 Å². The molecule has 0 aliphatic rings. The number of hydrogen-bond donors (Lipinski definition) is 1. The number of para-hydroxylation sites is 1. The van der Waals surface area contributed by atoms with Crippen molar-refractivity contribution in [3.05, 3.63) is 53.0 Å². The van der Waals surface area contributed by atoms with Crippen LogP contribution in [0.3, 0.4) is 0 Å². The maximum Gasteiger partial charge on any atom is 0.271 e. The molecular weight excluding hydrogens is 360 g/mol. The van der Waals surface area contributed by atoms with Gasteiger partial charge in [-0.05, 0) is 36.6 Å². The summed E-state index contributed by atoms with van der Waals surface area (Å²) in [6, 6.07) is 10.9. The van der Waals surface area contributed by atoms with Crippen molar-refractivity contribution in [2.45, 2.75) is 30.9 Å². The largest absolute Gasteiger partial charge is 0.279 e. The minimum atomic E-state index is -3.59. The first kappa shape index (κ1) is 17.1. The molecule has 0 aliphatic carbocycles. The third-order valence-electron chi connectivity index (χ3n) is 3.61. The maximum atomic E-state index is 12.7. The Bertz CT molecular complexity index is 942. The molecule has 126 valence electrons. The molecule has 2 heterocycles. The third-order valence-corrected chi connectivity index (χ3v) is 7.62. The summed E-state index contributed by atoms with van der Waals surface area (Å²) < 4.78 is 28.3. The third kappa shape index (κ3) is 3.53. The number of aromatic nitrogens is 1. The van der Waals surface area contributed by atoms with Crippen molar-refractivity contribution >= 4 is 38.4 Å². The smallest absolute Gasteiger partial charge is 0.271 e. The Morgan fingerprint density at radius 3 is 2.58 bits per heavy atom.